The average Bonchev–Trinajstić information content (AvgIpc) is 3.31. The molecule has 0 aliphatic rings. The monoisotopic (exact) mass is 460 g/mol. The molecule has 6 N–H and O–H groups in total. The molecule has 2 rings (SSSR count). The predicted molar refractivity (Wildman–Crippen MR) is 101 cm³/mol. The van der Waals surface area contributed by atoms with Gasteiger partial charge in [0.2, 0.25) is 0 Å². The Bertz CT molecular complexity index is 800. The van der Waals surface area contributed by atoms with Crippen LogP contribution in [0.4, 0.5) is 0 Å². The third-order valence-electron chi connectivity index (χ3n) is 2.23. The number of carboxylic acid groups (broad SMARTS) is 1. The molecule has 11 nitrogen and oxygen atoms in total. The van der Waals surface area contributed by atoms with Crippen molar-refractivity contribution in [3.05, 3.63) is 43.8 Å². The maximum atomic E-state index is 10.8. The molecule has 2 heterocycles. The number of hydrogen-bond donors (Lipinski definition) is 6. The summed E-state index contributed by atoms with van der Waals surface area (Å²) >= 11 is 2.33. The summed E-state index contributed by atoms with van der Waals surface area (Å²) in [5, 5.41) is 32.6. The van der Waals surface area contributed by atoms with Crippen LogP contribution in [0.1, 0.15) is 29.1 Å². The molecule has 2 aromatic rings. The Balaban J connectivity index is 0. The molecule has 0 saturated carbocycles. The second-order valence-electron chi connectivity index (χ2n) is 4.09. The van der Waals surface area contributed by atoms with E-state index < -0.39 is 16.4 Å². The van der Waals surface area contributed by atoms with E-state index in [-0.39, 0.29) is 24.1 Å². The van der Waals surface area contributed by atoms with Crippen molar-refractivity contribution in [1.82, 2.24) is 0 Å². The molecule has 0 amide bonds. The van der Waals surface area contributed by atoms with Crippen LogP contribution < -0.4 is 0 Å². The van der Waals surface area contributed by atoms with Gasteiger partial charge in [-0.1, -0.05) is 0 Å². The van der Waals surface area contributed by atoms with Crippen molar-refractivity contribution >= 4 is 45.0 Å². The number of hydrogen-bond acceptors (Lipinski definition) is 10. The zero-order valence-corrected chi connectivity index (χ0v) is 17.1. The molecule has 28 heavy (non-hydrogen) atoms. The molecule has 0 bridgehead atoms. The van der Waals surface area contributed by atoms with Crippen LogP contribution in [0.3, 0.4) is 0 Å². The van der Waals surface area contributed by atoms with Crippen molar-refractivity contribution in [1.29, 1.82) is 0 Å². The topological polar surface area (TPSA) is 199 Å². The molecule has 0 unspecified atom stereocenters. The molecule has 0 aliphatic carbocycles. The van der Waals surface area contributed by atoms with E-state index in [1.807, 2.05) is 0 Å². The van der Waals surface area contributed by atoms with Crippen LogP contribution in [0.2, 0.25) is 0 Å². The first-order chi connectivity index (χ1) is 13.0. The fraction of sp³-hybridized carbons (Fsp3) is 0.286. The Hall–Kier alpha value is -1.91. The van der Waals surface area contributed by atoms with E-state index in [4.69, 9.17) is 37.9 Å². The van der Waals surface area contributed by atoms with Gasteiger partial charge in [-0.15, -0.1) is 22.7 Å². The fourth-order valence-corrected chi connectivity index (χ4v) is 2.74. The van der Waals surface area contributed by atoms with E-state index in [9.17, 15) is 9.59 Å². The molecule has 0 atom stereocenters. The SMILES string of the molecule is CO.COC(=O)c1ccc(CO)s1.O=C(O)c1ccc(CO)s1.O=S(=O)(O)O. The van der Waals surface area contributed by atoms with Gasteiger partial charge in [0.25, 0.3) is 0 Å². The van der Waals surface area contributed by atoms with Crippen molar-refractivity contribution in [2.75, 3.05) is 14.2 Å². The van der Waals surface area contributed by atoms with Crippen LogP contribution in [0.25, 0.3) is 0 Å². The van der Waals surface area contributed by atoms with E-state index in [2.05, 4.69) is 4.74 Å². The maximum absolute atomic E-state index is 10.8. The first kappa shape index (κ1) is 28.3. The summed E-state index contributed by atoms with van der Waals surface area (Å²) in [5.41, 5.74) is 0. The van der Waals surface area contributed by atoms with Crippen LogP contribution in [-0.4, -0.2) is 64.1 Å². The predicted octanol–water partition coefficient (Wildman–Crippen LogP) is 0.921. The lowest BCUT2D eigenvalue weighted by molar-refractivity contribution is 0.0605. The Labute approximate surface area is 168 Å². The van der Waals surface area contributed by atoms with Gasteiger partial charge in [0, 0.05) is 16.9 Å². The van der Waals surface area contributed by atoms with Crippen LogP contribution in [0.15, 0.2) is 24.3 Å². The minimum atomic E-state index is -4.67. The largest absolute Gasteiger partial charge is 0.477 e. The molecule has 0 spiro atoms. The smallest absolute Gasteiger partial charge is 0.394 e. The summed E-state index contributed by atoms with van der Waals surface area (Å²) in [4.78, 5) is 23.3. The van der Waals surface area contributed by atoms with Crippen LogP contribution >= 0.6 is 22.7 Å². The molecule has 0 radical (unpaired) electrons. The number of carboxylic acids is 1. The quantitative estimate of drug-likeness (QED) is 0.280. The number of thiophene rings is 2. The van der Waals surface area contributed by atoms with Gasteiger partial charge in [0.05, 0.1) is 20.3 Å². The lowest BCUT2D eigenvalue weighted by Gasteiger charge is -1.91. The van der Waals surface area contributed by atoms with Gasteiger partial charge in [-0.05, 0) is 24.3 Å². The summed E-state index contributed by atoms with van der Waals surface area (Å²) < 4.78 is 36.1. The first-order valence-corrected chi connectivity index (χ1v) is 9.90. The lowest BCUT2D eigenvalue weighted by atomic mass is 10.4. The number of aliphatic hydroxyl groups excluding tert-OH is 3. The van der Waals surface area contributed by atoms with Crippen LogP contribution in [0, 0.1) is 0 Å². The molecule has 14 heteroatoms. The third-order valence-corrected chi connectivity index (χ3v) is 4.34. The van der Waals surface area contributed by atoms with E-state index in [1.165, 1.54) is 24.5 Å². The molecular weight excluding hydrogens is 440 g/mol. The van der Waals surface area contributed by atoms with Gasteiger partial charge in [-0.25, -0.2) is 9.59 Å². The number of carbonyl (C=O) groups excluding carboxylic acids is 1. The maximum Gasteiger partial charge on any atom is 0.394 e. The summed E-state index contributed by atoms with van der Waals surface area (Å²) in [7, 11) is -2.33. The molecule has 0 saturated heterocycles. The van der Waals surface area contributed by atoms with Gasteiger partial charge in [0.1, 0.15) is 9.75 Å². The molecule has 0 fully saturated rings. The van der Waals surface area contributed by atoms with Crippen LogP contribution in [-0.2, 0) is 28.3 Å². The second kappa shape index (κ2) is 15.1. The minimum absolute atomic E-state index is 0.0261. The van der Waals surface area contributed by atoms with Crippen molar-refractivity contribution in [3.63, 3.8) is 0 Å². The van der Waals surface area contributed by atoms with Crippen molar-refractivity contribution in [2.45, 2.75) is 13.2 Å². The number of aliphatic hydroxyl groups is 3. The fourth-order valence-electron chi connectivity index (χ4n) is 1.25. The number of rotatable bonds is 4. The molecule has 160 valence electrons. The van der Waals surface area contributed by atoms with Gasteiger partial charge >= 0.3 is 22.3 Å². The summed E-state index contributed by atoms with van der Waals surface area (Å²) in [5.74, 6) is -1.29. The Morgan fingerprint density at radius 3 is 1.54 bits per heavy atom. The lowest BCUT2D eigenvalue weighted by Crippen LogP contribution is -1.96. The van der Waals surface area contributed by atoms with E-state index in [0.29, 0.717) is 9.75 Å². The molecule has 2 aromatic heterocycles. The highest BCUT2D eigenvalue weighted by Gasteiger charge is 2.07. The van der Waals surface area contributed by atoms with Gasteiger partial charge in [-0.3, -0.25) is 9.11 Å². The molecule has 0 aliphatic heterocycles. The van der Waals surface area contributed by atoms with Crippen molar-refractivity contribution < 1.29 is 52.3 Å². The Morgan fingerprint density at radius 2 is 1.29 bits per heavy atom. The van der Waals surface area contributed by atoms with Gasteiger partial charge < -0.3 is 25.2 Å². The van der Waals surface area contributed by atoms with E-state index in [0.717, 1.165) is 23.3 Å². The summed E-state index contributed by atoms with van der Waals surface area (Å²) in [6.45, 7) is -0.112. The standard InChI is InChI=1S/C7H8O3S.C6H6O3S.CH4O.H2O4S/c1-10-7(9)6-3-2-5(4-8)11-6;7-3-4-1-2-5(10-4)6(8)9;1-2;1-5(2,3)4/h2-3,8H,4H2,1H3;1-2,7H,3H2,(H,8,9);2H,1H3;(H2,1,2,3,4). The highest BCUT2D eigenvalue weighted by molar-refractivity contribution is 7.79. The number of ether oxygens (including phenoxy) is 1. The zero-order chi connectivity index (χ0) is 22.3. The normalized spacial score (nSPS) is 9.54. The van der Waals surface area contributed by atoms with E-state index >= 15 is 0 Å². The first-order valence-electron chi connectivity index (χ1n) is 6.87. The highest BCUT2D eigenvalue weighted by Crippen LogP contribution is 2.17. The molecule has 0 aromatic carbocycles. The zero-order valence-electron chi connectivity index (χ0n) is 14.7. The second-order valence-corrected chi connectivity index (χ2v) is 7.33. The molecular formula is C14H20O11S3. The van der Waals surface area contributed by atoms with E-state index in [1.54, 1.807) is 18.2 Å². The van der Waals surface area contributed by atoms with Crippen molar-refractivity contribution in [3.8, 4) is 0 Å². The number of methoxy groups -OCH3 is 1. The van der Waals surface area contributed by atoms with Crippen molar-refractivity contribution in [2.24, 2.45) is 0 Å². The average molecular weight is 461 g/mol. The van der Waals surface area contributed by atoms with Gasteiger partial charge in [0.15, 0.2) is 0 Å². The Morgan fingerprint density at radius 1 is 0.929 bits per heavy atom. The third kappa shape index (κ3) is 14.2. The van der Waals surface area contributed by atoms with Crippen LogP contribution in [0.5, 0.6) is 0 Å². The Kier molecular flexibility index (Phi) is 15.2. The summed E-state index contributed by atoms with van der Waals surface area (Å²) in [6.07, 6.45) is 0. The van der Waals surface area contributed by atoms with Gasteiger partial charge in [-0.2, -0.15) is 8.42 Å². The number of aromatic carboxylic acids is 1. The number of esters is 1. The summed E-state index contributed by atoms with van der Waals surface area (Å²) in [6, 6.07) is 6.44. The highest BCUT2D eigenvalue weighted by atomic mass is 32.3. The minimum Gasteiger partial charge on any atom is -0.477 e. The number of carbonyl (C=O) groups is 2.